The smallest absolute Gasteiger partial charge is 0.332 e. The first-order valence-corrected chi connectivity index (χ1v) is 23.4. The Morgan fingerprint density at radius 2 is 0.963 bits per heavy atom. The predicted octanol–water partition coefficient (Wildman–Crippen LogP) is 11.3. The molecule has 54 heavy (non-hydrogen) atoms. The van der Waals surface area contributed by atoms with Gasteiger partial charge in [0.25, 0.3) is 11.1 Å². The molecule has 0 bridgehead atoms. The number of rotatable bonds is 7. The normalized spacial score (nSPS) is 28.2. The van der Waals surface area contributed by atoms with E-state index in [2.05, 4.69) is 12.6 Å². The summed E-state index contributed by atoms with van der Waals surface area (Å²) in [6.07, 6.45) is 36.2. The number of hydrogen-bond acceptors (Lipinski definition) is 4. The molecule has 2 atom stereocenters. The van der Waals surface area contributed by atoms with E-state index in [1.54, 1.807) is 9.13 Å². The lowest BCUT2D eigenvalue weighted by molar-refractivity contribution is 0.268. The third-order valence-electron chi connectivity index (χ3n) is 15.3. The molecule has 5 aliphatic carbocycles. The van der Waals surface area contributed by atoms with Gasteiger partial charge in [-0.05, 0) is 57.3 Å². The van der Waals surface area contributed by atoms with Crippen molar-refractivity contribution in [2.45, 2.75) is 229 Å². The summed E-state index contributed by atoms with van der Waals surface area (Å²) in [5.74, 6) is 3.91. The average molecular weight is 742 g/mol. The van der Waals surface area contributed by atoms with Gasteiger partial charge in [0.1, 0.15) is 18.5 Å². The van der Waals surface area contributed by atoms with Crippen LogP contribution in [0.4, 0.5) is 5.82 Å². The van der Waals surface area contributed by atoms with Gasteiger partial charge >= 0.3 is 5.69 Å². The van der Waals surface area contributed by atoms with Crippen molar-refractivity contribution in [3.05, 3.63) is 36.8 Å². The summed E-state index contributed by atoms with van der Waals surface area (Å²) in [5, 5.41) is 4.38. The van der Waals surface area contributed by atoms with E-state index in [0.29, 0.717) is 28.1 Å². The highest BCUT2D eigenvalue weighted by molar-refractivity contribution is 6.39. The van der Waals surface area contributed by atoms with E-state index in [9.17, 15) is 4.79 Å². The SMILES string of the molecule is Cc1c(=O)n(C)c(NC2CCCCCCC2)c2c(=O)n(C3CCCCCCC3)c(=O)n(C3CCCCC([B]C4CCCC(C5CCCC5)CCC4)CC3)c12. The minimum Gasteiger partial charge on any atom is -0.368 e. The van der Waals surface area contributed by atoms with E-state index in [-0.39, 0.29) is 34.9 Å². The first kappa shape index (κ1) is 40.0. The molecule has 1 N–H and O–H groups in total. The molecule has 0 spiro atoms. The molecule has 299 valence electrons. The molecule has 2 unspecified atom stereocenters. The Kier molecular flexibility index (Phi) is 14.3. The van der Waals surface area contributed by atoms with E-state index < -0.39 is 0 Å². The van der Waals surface area contributed by atoms with Crippen molar-refractivity contribution in [2.24, 2.45) is 18.9 Å². The lowest BCUT2D eigenvalue weighted by Gasteiger charge is -2.32. The standard InChI is InChI=1S/C46H74BN4O3/c1-33-42-41(43(49(2)44(33)52)48-38-26-9-5-3-6-10-27-38)45(53)51(39-28-11-7-4-8-12-29-39)46(54)50(42)40-30-16-15-23-37(31-32-40)47-36-24-17-21-35(22-18-25-36)34-19-13-14-20-34/h34-40,48H,3-32H2,1-2H3. The molecule has 2 aromatic heterocycles. The summed E-state index contributed by atoms with van der Waals surface area (Å²) in [5.41, 5.74) is 0.732. The number of hydrogen-bond donors (Lipinski definition) is 1. The quantitative estimate of drug-likeness (QED) is 0.287. The highest BCUT2D eigenvalue weighted by Gasteiger charge is 2.32. The van der Waals surface area contributed by atoms with Crippen molar-refractivity contribution in [1.29, 1.82) is 0 Å². The largest absolute Gasteiger partial charge is 0.368 e. The van der Waals surface area contributed by atoms with E-state index >= 15 is 9.59 Å². The van der Waals surface area contributed by atoms with Gasteiger partial charge in [0, 0.05) is 30.7 Å². The van der Waals surface area contributed by atoms with Crippen molar-refractivity contribution in [3.63, 3.8) is 0 Å². The van der Waals surface area contributed by atoms with E-state index in [0.717, 1.165) is 108 Å². The van der Waals surface area contributed by atoms with E-state index in [4.69, 9.17) is 0 Å². The fourth-order valence-electron chi connectivity index (χ4n) is 12.1. The van der Waals surface area contributed by atoms with Crippen LogP contribution in [0.1, 0.15) is 210 Å². The fourth-order valence-corrected chi connectivity index (χ4v) is 12.1. The number of aryl methyl sites for hydroxylation is 1. The molecule has 0 aromatic carbocycles. The first-order chi connectivity index (χ1) is 26.4. The molecule has 5 aliphatic rings. The number of fused-ring (bicyclic) bond motifs is 1. The predicted molar refractivity (Wildman–Crippen MR) is 227 cm³/mol. The molecule has 8 heteroatoms. The highest BCUT2D eigenvalue weighted by atomic mass is 16.2. The summed E-state index contributed by atoms with van der Waals surface area (Å²) in [6.45, 7) is 1.87. The molecule has 2 aromatic rings. The summed E-state index contributed by atoms with van der Waals surface area (Å²) < 4.78 is 5.40. The van der Waals surface area contributed by atoms with Crippen molar-refractivity contribution in [3.8, 4) is 0 Å². The molecule has 0 aliphatic heterocycles. The number of aromatic nitrogens is 3. The van der Waals surface area contributed by atoms with Crippen LogP contribution in [0.25, 0.3) is 10.9 Å². The molecule has 0 saturated heterocycles. The number of nitrogens with zero attached hydrogens (tertiary/aromatic N) is 3. The van der Waals surface area contributed by atoms with Gasteiger partial charge in [0.2, 0.25) is 0 Å². The van der Waals surface area contributed by atoms with Crippen LogP contribution in [0.15, 0.2) is 14.4 Å². The maximum Gasteiger partial charge on any atom is 0.332 e. The van der Waals surface area contributed by atoms with Gasteiger partial charge in [-0.2, -0.15) is 0 Å². The summed E-state index contributed by atoms with van der Waals surface area (Å²) in [4.78, 5) is 44.3. The van der Waals surface area contributed by atoms with Crippen LogP contribution in [-0.4, -0.2) is 27.0 Å². The molecule has 1 radical (unpaired) electrons. The lowest BCUT2D eigenvalue weighted by atomic mass is 9.49. The van der Waals surface area contributed by atoms with Gasteiger partial charge in [0.05, 0.1) is 5.52 Å². The molecule has 5 fully saturated rings. The fraction of sp³-hybridized carbons (Fsp3) is 0.848. The van der Waals surface area contributed by atoms with E-state index in [1.807, 2.05) is 18.5 Å². The van der Waals surface area contributed by atoms with Gasteiger partial charge in [-0.25, -0.2) is 4.79 Å². The van der Waals surface area contributed by atoms with Crippen molar-refractivity contribution >= 4 is 24.0 Å². The highest BCUT2D eigenvalue weighted by Crippen LogP contribution is 2.42. The molecule has 2 heterocycles. The number of nitrogens with one attached hydrogen (secondary N) is 1. The molecule has 5 saturated carbocycles. The van der Waals surface area contributed by atoms with Gasteiger partial charge in [0.15, 0.2) is 0 Å². The minimum absolute atomic E-state index is 0.0128. The lowest BCUT2D eigenvalue weighted by Crippen LogP contribution is -2.45. The zero-order valence-electron chi connectivity index (χ0n) is 34.4. The second-order valence-corrected chi connectivity index (χ2v) is 19.0. The second kappa shape index (κ2) is 19.3. The third-order valence-corrected chi connectivity index (χ3v) is 15.3. The monoisotopic (exact) mass is 742 g/mol. The first-order valence-electron chi connectivity index (χ1n) is 23.4. The van der Waals surface area contributed by atoms with Gasteiger partial charge in [-0.15, -0.1) is 0 Å². The summed E-state index contributed by atoms with van der Waals surface area (Å²) in [7, 11) is 4.59. The Balaban J connectivity index is 1.21. The van der Waals surface area contributed by atoms with Crippen molar-refractivity contribution in [2.75, 3.05) is 5.32 Å². The minimum atomic E-state index is -0.180. The van der Waals surface area contributed by atoms with Crippen molar-refractivity contribution < 1.29 is 0 Å². The maximum atomic E-state index is 15.1. The van der Waals surface area contributed by atoms with E-state index in [1.165, 1.54) is 103 Å². The molecule has 7 nitrogen and oxygen atoms in total. The van der Waals surface area contributed by atoms with Crippen LogP contribution < -0.4 is 22.1 Å². The van der Waals surface area contributed by atoms with Crippen LogP contribution in [0, 0.1) is 18.8 Å². The van der Waals surface area contributed by atoms with Gasteiger partial charge < -0.3 is 5.32 Å². The Labute approximate surface area is 327 Å². The Bertz CT molecular complexity index is 1680. The van der Waals surface area contributed by atoms with Crippen LogP contribution in [0.3, 0.4) is 0 Å². The van der Waals surface area contributed by atoms with Gasteiger partial charge in [-0.3, -0.25) is 23.3 Å². The Morgan fingerprint density at radius 3 is 1.59 bits per heavy atom. The molecular formula is C46H74BN4O3. The Hall–Kier alpha value is -2.25. The van der Waals surface area contributed by atoms with Crippen LogP contribution in [0.2, 0.25) is 11.6 Å². The van der Waals surface area contributed by atoms with Crippen LogP contribution in [-0.2, 0) is 7.05 Å². The zero-order chi connectivity index (χ0) is 37.4. The maximum absolute atomic E-state index is 15.1. The molecule has 7 rings (SSSR count). The third kappa shape index (κ3) is 9.30. The van der Waals surface area contributed by atoms with Crippen LogP contribution >= 0.6 is 0 Å². The van der Waals surface area contributed by atoms with Gasteiger partial charge in [-0.1, -0.05) is 166 Å². The van der Waals surface area contributed by atoms with Crippen LogP contribution in [0.5, 0.6) is 0 Å². The second-order valence-electron chi connectivity index (χ2n) is 19.0. The zero-order valence-corrected chi connectivity index (χ0v) is 34.4. The molecular weight excluding hydrogens is 667 g/mol. The topological polar surface area (TPSA) is 78.0 Å². The summed E-state index contributed by atoms with van der Waals surface area (Å²) >= 11 is 0. The average Bonchev–Trinajstić information content (AvgIpc) is 3.65. The summed E-state index contributed by atoms with van der Waals surface area (Å²) in [6, 6.07) is 0.118. The Morgan fingerprint density at radius 1 is 0.500 bits per heavy atom. The molecule has 0 amide bonds. The number of pyridine rings is 1. The van der Waals surface area contributed by atoms with Crippen molar-refractivity contribution in [1.82, 2.24) is 13.7 Å². The number of anilines is 1.